The predicted octanol–water partition coefficient (Wildman–Crippen LogP) is 19.1. The molecule has 1 aliphatic rings. The van der Waals surface area contributed by atoms with Crippen molar-refractivity contribution < 1.29 is 28.6 Å². The summed E-state index contributed by atoms with van der Waals surface area (Å²) in [5.41, 5.74) is 0. The molecule has 1 fully saturated rings. The zero-order chi connectivity index (χ0) is 57.1. The number of rotatable bonds is 57. The molecule has 0 amide bonds. The summed E-state index contributed by atoms with van der Waals surface area (Å²) in [5, 5.41) is 0. The maximum absolute atomic E-state index is 14.3. The van der Waals surface area contributed by atoms with E-state index in [-0.39, 0.29) is 36.2 Å². The lowest BCUT2D eigenvalue weighted by atomic mass is 9.75. The van der Waals surface area contributed by atoms with Crippen molar-refractivity contribution in [3.8, 4) is 0 Å². The van der Waals surface area contributed by atoms with Crippen molar-refractivity contribution in [3.63, 3.8) is 0 Å². The molecule has 1 rings (SSSR count). The van der Waals surface area contributed by atoms with Gasteiger partial charge in [-0.2, -0.15) is 0 Å². The van der Waals surface area contributed by atoms with E-state index in [2.05, 4.69) is 56.2 Å². The molecule has 0 aromatic heterocycles. The normalized spacial score (nSPS) is 17.0. The molecule has 1 saturated carbocycles. The fourth-order valence-corrected chi connectivity index (χ4v) is 11.8. The summed E-state index contributed by atoms with van der Waals surface area (Å²) in [4.78, 5) is 50.6. The highest BCUT2D eigenvalue weighted by atomic mass is 16.6. The van der Waals surface area contributed by atoms with E-state index in [0.717, 1.165) is 78.2 Å². The highest BCUT2D eigenvalue weighted by molar-refractivity contribution is 5.80. The molecule has 0 aromatic carbocycles. The third kappa shape index (κ3) is 42.2. The number of ether oxygens (including phenoxy) is 3. The lowest BCUT2D eigenvalue weighted by Crippen LogP contribution is -2.39. The van der Waals surface area contributed by atoms with Crippen LogP contribution in [0.4, 0.5) is 0 Å². The van der Waals surface area contributed by atoms with Crippen molar-refractivity contribution in [2.24, 2.45) is 17.8 Å². The van der Waals surface area contributed by atoms with Crippen LogP contribution in [0.15, 0.2) is 0 Å². The van der Waals surface area contributed by atoms with Gasteiger partial charge in [0.25, 0.3) is 0 Å². The Labute approximate surface area is 486 Å². The molecule has 0 N–H and O–H groups in total. The van der Waals surface area contributed by atoms with Crippen molar-refractivity contribution in [2.75, 3.05) is 58.9 Å². The summed E-state index contributed by atoms with van der Waals surface area (Å²) in [6, 6.07) is 0. The highest BCUT2D eigenvalue weighted by Crippen LogP contribution is 2.37. The number of hydrogen-bond donors (Lipinski definition) is 0. The summed E-state index contributed by atoms with van der Waals surface area (Å²) >= 11 is 0. The Bertz CT molecular complexity index is 1140. The quantitative estimate of drug-likeness (QED) is 0.0336. The molecule has 0 aliphatic heterocycles. The van der Waals surface area contributed by atoms with Crippen LogP contribution in [0.25, 0.3) is 0 Å². The van der Waals surface area contributed by atoms with Crippen LogP contribution in [0.5, 0.6) is 0 Å². The third-order valence-electron chi connectivity index (χ3n) is 17.2. The lowest BCUT2D eigenvalue weighted by Gasteiger charge is -2.33. The Morgan fingerprint density at radius 3 is 0.628 bits per heavy atom. The van der Waals surface area contributed by atoms with E-state index in [1.165, 1.54) is 231 Å². The van der Waals surface area contributed by atoms with Gasteiger partial charge in [0.1, 0.15) is 18.3 Å². The summed E-state index contributed by atoms with van der Waals surface area (Å²) in [6.45, 7) is 29.1. The minimum Gasteiger partial charge on any atom is -0.462 e. The van der Waals surface area contributed by atoms with Gasteiger partial charge in [-0.1, -0.05) is 234 Å². The van der Waals surface area contributed by atoms with Gasteiger partial charge in [-0.3, -0.25) is 14.4 Å². The molecule has 0 saturated heterocycles. The average Bonchev–Trinajstić information content (AvgIpc) is 3.44. The van der Waals surface area contributed by atoms with E-state index >= 15 is 0 Å². The Hall–Kier alpha value is -1.71. The van der Waals surface area contributed by atoms with Crippen molar-refractivity contribution >= 4 is 17.9 Å². The van der Waals surface area contributed by atoms with Crippen LogP contribution in [0.1, 0.15) is 332 Å². The second-order valence-corrected chi connectivity index (χ2v) is 25.0. The smallest absolute Gasteiger partial charge is 0.309 e. The van der Waals surface area contributed by atoms with E-state index < -0.39 is 17.8 Å². The lowest BCUT2D eigenvalue weighted by molar-refractivity contribution is -0.166. The van der Waals surface area contributed by atoms with Gasteiger partial charge in [-0.25, -0.2) is 0 Å². The van der Waals surface area contributed by atoms with Crippen LogP contribution in [0.3, 0.4) is 0 Å². The molecule has 0 radical (unpaired) electrons. The SMILES string of the molecule is CCCCCCCCN(CCCCCCCC)CCC(C)OC(=O)C1CC(C(=O)OC(C)CCN(CCCCCCCC)CCCCCCCC)CC(C(=O)OC(C)CCN(CCCCCCCC)CCCCCCCC)C1. The van der Waals surface area contributed by atoms with Gasteiger partial charge < -0.3 is 28.9 Å². The molecule has 0 spiro atoms. The maximum Gasteiger partial charge on any atom is 0.309 e. The van der Waals surface area contributed by atoms with E-state index in [0.29, 0.717) is 19.3 Å². The molecule has 78 heavy (non-hydrogen) atoms. The number of carbonyl (C=O) groups excluding carboxylic acids is 3. The van der Waals surface area contributed by atoms with E-state index in [9.17, 15) is 14.4 Å². The van der Waals surface area contributed by atoms with Crippen LogP contribution in [-0.4, -0.2) is 110 Å². The van der Waals surface area contributed by atoms with E-state index in [4.69, 9.17) is 14.2 Å². The molecule has 3 unspecified atom stereocenters. The molecule has 9 heteroatoms. The van der Waals surface area contributed by atoms with Gasteiger partial charge in [0.05, 0.1) is 17.8 Å². The Kier molecular flexibility index (Phi) is 50.8. The van der Waals surface area contributed by atoms with Gasteiger partial charge in [-0.05, 0) is 137 Å². The van der Waals surface area contributed by atoms with Gasteiger partial charge in [0.15, 0.2) is 0 Å². The summed E-state index contributed by atoms with van der Waals surface area (Å²) in [6.07, 6.45) is 49.0. The van der Waals surface area contributed by atoms with Crippen molar-refractivity contribution in [1.29, 1.82) is 0 Å². The van der Waals surface area contributed by atoms with Crippen molar-refractivity contribution in [3.05, 3.63) is 0 Å². The number of nitrogens with zero attached hydrogens (tertiary/aromatic N) is 3. The Balaban J connectivity index is 3.14. The molecule has 0 heterocycles. The number of unbranched alkanes of at least 4 members (excludes halogenated alkanes) is 30. The van der Waals surface area contributed by atoms with E-state index in [1.54, 1.807) is 0 Å². The van der Waals surface area contributed by atoms with Gasteiger partial charge in [0, 0.05) is 19.6 Å². The predicted molar refractivity (Wildman–Crippen MR) is 334 cm³/mol. The molecule has 0 bridgehead atoms. The zero-order valence-corrected chi connectivity index (χ0v) is 53.8. The minimum atomic E-state index is -0.556. The summed E-state index contributed by atoms with van der Waals surface area (Å²) in [7, 11) is 0. The second-order valence-electron chi connectivity index (χ2n) is 25.0. The monoisotopic (exact) mass is 1100 g/mol. The zero-order valence-electron chi connectivity index (χ0n) is 53.8. The topological polar surface area (TPSA) is 88.6 Å². The van der Waals surface area contributed by atoms with Crippen LogP contribution in [0.2, 0.25) is 0 Å². The first-order valence-electron chi connectivity index (χ1n) is 34.8. The minimum absolute atomic E-state index is 0.252. The molecule has 0 aromatic rings. The number of carbonyl (C=O) groups is 3. The molecule has 3 atom stereocenters. The fourth-order valence-electron chi connectivity index (χ4n) is 11.8. The largest absolute Gasteiger partial charge is 0.462 e. The first-order valence-corrected chi connectivity index (χ1v) is 34.8. The number of hydrogen-bond acceptors (Lipinski definition) is 9. The fraction of sp³-hybridized carbons (Fsp3) is 0.957. The molecular weight excluding hydrogens is 967 g/mol. The third-order valence-corrected chi connectivity index (χ3v) is 17.2. The molecular formula is C69H135N3O6. The van der Waals surface area contributed by atoms with Crippen molar-refractivity contribution in [1.82, 2.24) is 14.7 Å². The first-order chi connectivity index (χ1) is 38.0. The average molecular weight is 1100 g/mol. The van der Waals surface area contributed by atoms with E-state index in [1.807, 2.05) is 20.8 Å². The number of esters is 3. The first kappa shape index (κ1) is 74.3. The molecule has 9 nitrogen and oxygen atoms in total. The van der Waals surface area contributed by atoms with Gasteiger partial charge in [0.2, 0.25) is 0 Å². The summed E-state index contributed by atoms with van der Waals surface area (Å²) < 4.78 is 18.9. The van der Waals surface area contributed by atoms with Gasteiger partial charge >= 0.3 is 17.9 Å². The Morgan fingerprint density at radius 1 is 0.282 bits per heavy atom. The second kappa shape index (κ2) is 53.3. The Morgan fingerprint density at radius 2 is 0.449 bits per heavy atom. The van der Waals surface area contributed by atoms with Crippen LogP contribution in [-0.2, 0) is 28.6 Å². The van der Waals surface area contributed by atoms with Crippen LogP contribution < -0.4 is 0 Å². The molecule has 462 valence electrons. The van der Waals surface area contributed by atoms with Gasteiger partial charge in [-0.15, -0.1) is 0 Å². The standard InChI is InChI=1S/C69H135N3O6/c1-10-16-22-28-34-40-49-70(50-41-35-29-23-17-11-2)55-46-61(7)76-67(73)64-58-65(68(74)77-62(8)47-56-71(51-42-36-30-24-18-12-3)52-43-37-31-25-19-13-4)60-66(59-64)69(75)78-63(9)48-57-72(53-44-38-32-26-20-14-5)54-45-39-33-27-21-15-6/h61-66H,10-60H2,1-9H3. The van der Waals surface area contributed by atoms with Crippen LogP contribution in [0, 0.1) is 17.8 Å². The summed E-state index contributed by atoms with van der Waals surface area (Å²) in [5.74, 6) is -2.51. The van der Waals surface area contributed by atoms with Crippen molar-refractivity contribution in [2.45, 2.75) is 350 Å². The maximum atomic E-state index is 14.3. The highest BCUT2D eigenvalue weighted by Gasteiger charge is 2.42. The van der Waals surface area contributed by atoms with Crippen LogP contribution >= 0.6 is 0 Å². The molecule has 1 aliphatic carbocycles.